The lowest BCUT2D eigenvalue weighted by atomic mass is 9.84. The van der Waals surface area contributed by atoms with Gasteiger partial charge in [-0.25, -0.2) is 0 Å². The number of hydrogen-bond donors (Lipinski definition) is 2. The second-order valence-corrected chi connectivity index (χ2v) is 5.96. The van der Waals surface area contributed by atoms with E-state index in [2.05, 4.69) is 36.1 Å². The van der Waals surface area contributed by atoms with Crippen molar-refractivity contribution in [3.8, 4) is 11.8 Å². The number of carbonyl (C=O) groups is 1. The maximum absolute atomic E-state index is 12.3. The molecule has 1 rings (SSSR count). The Morgan fingerprint density at radius 1 is 1.29 bits per heavy atom. The van der Waals surface area contributed by atoms with Crippen molar-refractivity contribution >= 4 is 11.9 Å². The molecule has 1 unspecified atom stereocenters. The van der Waals surface area contributed by atoms with Crippen LogP contribution in [-0.4, -0.2) is 36.6 Å². The van der Waals surface area contributed by atoms with Crippen molar-refractivity contribution in [2.45, 2.75) is 27.2 Å². The number of aromatic nitrogens is 2. The lowest BCUT2D eigenvalue weighted by Gasteiger charge is -2.24. The summed E-state index contributed by atoms with van der Waals surface area (Å²) in [5.74, 6) is 0.270. The van der Waals surface area contributed by atoms with Crippen LogP contribution in [0.25, 0.3) is 0 Å². The maximum Gasteiger partial charge on any atom is 0.236 e. The third-order valence-corrected chi connectivity index (χ3v) is 2.85. The van der Waals surface area contributed by atoms with Gasteiger partial charge < -0.3 is 15.2 Å². The van der Waals surface area contributed by atoms with E-state index in [0.29, 0.717) is 18.2 Å². The highest BCUT2D eigenvalue weighted by Gasteiger charge is 2.24. The molecule has 0 saturated heterocycles. The zero-order valence-corrected chi connectivity index (χ0v) is 13.3. The van der Waals surface area contributed by atoms with Gasteiger partial charge in [-0.1, -0.05) is 20.8 Å². The fourth-order valence-corrected chi connectivity index (χ4v) is 1.90. The average molecular weight is 296 g/mol. The molecule has 1 atom stereocenters. The van der Waals surface area contributed by atoms with Gasteiger partial charge in [0, 0.05) is 6.54 Å². The molecule has 0 saturated carbocycles. The smallest absolute Gasteiger partial charge is 0.236 e. The standard InChI is InChI=1S/C14H24N4O3/c1-14(2,3)7-9(8-15)12(19)18-13-16-10(20-4)6-11(17-13)21-5/h6,9H,7-8,15H2,1-5H3,(H,16,17,18,19). The van der Waals surface area contributed by atoms with Crippen molar-refractivity contribution < 1.29 is 14.3 Å². The van der Waals surface area contributed by atoms with Crippen molar-refractivity contribution in [1.82, 2.24) is 9.97 Å². The first-order valence-electron chi connectivity index (χ1n) is 6.77. The fourth-order valence-electron chi connectivity index (χ4n) is 1.90. The molecule has 0 fully saturated rings. The quantitative estimate of drug-likeness (QED) is 0.824. The van der Waals surface area contributed by atoms with Gasteiger partial charge in [0.25, 0.3) is 0 Å². The Bertz CT molecular complexity index is 463. The predicted octanol–water partition coefficient (Wildman–Crippen LogP) is 1.44. The van der Waals surface area contributed by atoms with E-state index in [0.717, 1.165) is 0 Å². The van der Waals surface area contributed by atoms with Crippen LogP contribution in [0, 0.1) is 11.3 Å². The second-order valence-electron chi connectivity index (χ2n) is 5.96. The highest BCUT2D eigenvalue weighted by atomic mass is 16.5. The SMILES string of the molecule is COc1cc(OC)nc(NC(=O)C(CN)CC(C)(C)C)n1. The van der Waals surface area contributed by atoms with Gasteiger partial charge in [-0.2, -0.15) is 9.97 Å². The summed E-state index contributed by atoms with van der Waals surface area (Å²) in [5, 5.41) is 2.66. The van der Waals surface area contributed by atoms with Gasteiger partial charge >= 0.3 is 0 Å². The van der Waals surface area contributed by atoms with E-state index in [1.54, 1.807) is 0 Å². The summed E-state index contributed by atoms with van der Waals surface area (Å²) in [4.78, 5) is 20.4. The van der Waals surface area contributed by atoms with Gasteiger partial charge in [0.2, 0.25) is 23.6 Å². The van der Waals surface area contributed by atoms with Crippen LogP contribution in [0.3, 0.4) is 0 Å². The van der Waals surface area contributed by atoms with Crippen LogP contribution in [0.2, 0.25) is 0 Å². The first-order chi connectivity index (χ1) is 9.78. The number of nitrogens with two attached hydrogens (primary N) is 1. The number of hydrogen-bond acceptors (Lipinski definition) is 6. The molecule has 1 aromatic rings. The first kappa shape index (κ1) is 17.2. The number of amides is 1. The number of carbonyl (C=O) groups excluding carboxylic acids is 1. The Labute approximate surface area is 125 Å². The summed E-state index contributed by atoms with van der Waals surface area (Å²) in [6.07, 6.45) is 0.677. The Hall–Kier alpha value is -1.89. The molecular weight excluding hydrogens is 272 g/mol. The molecule has 1 amide bonds. The molecule has 7 nitrogen and oxygen atoms in total. The summed E-state index contributed by atoms with van der Waals surface area (Å²) >= 11 is 0. The molecular formula is C14H24N4O3. The molecule has 0 aliphatic heterocycles. The average Bonchev–Trinajstić information content (AvgIpc) is 2.43. The van der Waals surface area contributed by atoms with E-state index in [9.17, 15) is 4.79 Å². The predicted molar refractivity (Wildman–Crippen MR) is 80.4 cm³/mol. The minimum Gasteiger partial charge on any atom is -0.481 e. The lowest BCUT2D eigenvalue weighted by Crippen LogP contribution is -2.33. The van der Waals surface area contributed by atoms with Crippen LogP contribution in [0.5, 0.6) is 11.8 Å². The Balaban J connectivity index is 2.86. The van der Waals surface area contributed by atoms with Gasteiger partial charge in [-0.15, -0.1) is 0 Å². The number of anilines is 1. The van der Waals surface area contributed by atoms with Gasteiger partial charge in [-0.05, 0) is 11.8 Å². The fraction of sp³-hybridized carbons (Fsp3) is 0.643. The molecule has 0 radical (unpaired) electrons. The molecule has 3 N–H and O–H groups in total. The van der Waals surface area contributed by atoms with E-state index in [4.69, 9.17) is 15.2 Å². The summed E-state index contributed by atoms with van der Waals surface area (Å²) < 4.78 is 10.1. The summed E-state index contributed by atoms with van der Waals surface area (Å²) in [6, 6.07) is 1.53. The van der Waals surface area contributed by atoms with Gasteiger partial charge in [0.05, 0.1) is 26.2 Å². The van der Waals surface area contributed by atoms with Crippen LogP contribution in [0.4, 0.5) is 5.95 Å². The van der Waals surface area contributed by atoms with Crippen molar-refractivity contribution in [3.05, 3.63) is 6.07 Å². The Morgan fingerprint density at radius 2 is 1.81 bits per heavy atom. The minimum absolute atomic E-state index is 0.00824. The summed E-state index contributed by atoms with van der Waals surface area (Å²) in [6.45, 7) is 6.46. The van der Waals surface area contributed by atoms with Crippen LogP contribution in [0.1, 0.15) is 27.2 Å². The molecule has 0 bridgehead atoms. The van der Waals surface area contributed by atoms with Crippen molar-refractivity contribution in [2.75, 3.05) is 26.1 Å². The molecule has 0 spiro atoms. The van der Waals surface area contributed by atoms with Gasteiger partial charge in [-0.3, -0.25) is 10.1 Å². The molecule has 1 heterocycles. The van der Waals surface area contributed by atoms with Crippen LogP contribution >= 0.6 is 0 Å². The number of nitrogens with zero attached hydrogens (tertiary/aromatic N) is 2. The monoisotopic (exact) mass is 296 g/mol. The largest absolute Gasteiger partial charge is 0.481 e. The van der Waals surface area contributed by atoms with E-state index in [1.807, 2.05) is 0 Å². The second kappa shape index (κ2) is 7.21. The molecule has 0 aliphatic rings. The summed E-state index contributed by atoms with van der Waals surface area (Å²) in [7, 11) is 2.96. The van der Waals surface area contributed by atoms with Gasteiger partial charge in [0.1, 0.15) is 0 Å². The highest BCUT2D eigenvalue weighted by molar-refractivity contribution is 5.91. The van der Waals surface area contributed by atoms with Crippen LogP contribution < -0.4 is 20.5 Å². The van der Waals surface area contributed by atoms with Crippen LogP contribution in [0.15, 0.2) is 6.07 Å². The number of ether oxygens (including phenoxy) is 2. The molecule has 7 heteroatoms. The van der Waals surface area contributed by atoms with E-state index in [1.165, 1.54) is 20.3 Å². The first-order valence-corrected chi connectivity index (χ1v) is 6.77. The topological polar surface area (TPSA) is 99.4 Å². The number of methoxy groups -OCH3 is 2. The van der Waals surface area contributed by atoms with Crippen molar-refractivity contribution in [1.29, 1.82) is 0 Å². The van der Waals surface area contributed by atoms with Gasteiger partial charge in [0.15, 0.2) is 0 Å². The van der Waals surface area contributed by atoms with Crippen LogP contribution in [-0.2, 0) is 4.79 Å². The third kappa shape index (κ3) is 5.55. The van der Waals surface area contributed by atoms with Crippen molar-refractivity contribution in [2.24, 2.45) is 17.1 Å². The molecule has 1 aromatic heterocycles. The molecule has 21 heavy (non-hydrogen) atoms. The molecule has 0 aromatic carbocycles. The highest BCUT2D eigenvalue weighted by Crippen LogP contribution is 2.25. The van der Waals surface area contributed by atoms with E-state index < -0.39 is 0 Å². The number of nitrogens with one attached hydrogen (secondary N) is 1. The molecule has 0 aliphatic carbocycles. The maximum atomic E-state index is 12.3. The zero-order chi connectivity index (χ0) is 16.0. The van der Waals surface area contributed by atoms with Crippen molar-refractivity contribution in [3.63, 3.8) is 0 Å². The zero-order valence-electron chi connectivity index (χ0n) is 13.3. The Morgan fingerprint density at radius 3 is 2.19 bits per heavy atom. The van der Waals surface area contributed by atoms with E-state index >= 15 is 0 Å². The van der Waals surface area contributed by atoms with E-state index in [-0.39, 0.29) is 29.7 Å². The number of rotatable bonds is 6. The normalized spacial score (nSPS) is 12.7. The minimum atomic E-state index is -0.300. The summed E-state index contributed by atoms with van der Waals surface area (Å²) in [5.41, 5.74) is 5.70. The molecule has 118 valence electrons. The third-order valence-electron chi connectivity index (χ3n) is 2.85. The lowest BCUT2D eigenvalue weighted by molar-refractivity contribution is -0.120. The Kier molecular flexibility index (Phi) is 5.90.